The number of nitrogens with one attached hydrogen (secondary N) is 2. The fraction of sp³-hybridized carbons (Fsp3) is 0.294. The van der Waals surface area contributed by atoms with E-state index in [4.69, 9.17) is 0 Å². The summed E-state index contributed by atoms with van der Waals surface area (Å²) in [7, 11) is 0. The number of hydrogen-bond donors (Lipinski definition) is 2. The molecule has 0 atom stereocenters. The predicted molar refractivity (Wildman–Crippen MR) is 97.9 cm³/mol. The van der Waals surface area contributed by atoms with Gasteiger partial charge in [-0.25, -0.2) is 4.98 Å². The van der Waals surface area contributed by atoms with Crippen LogP contribution in [-0.2, 0) is 19.4 Å². The van der Waals surface area contributed by atoms with E-state index in [1.54, 1.807) is 35.6 Å². The van der Waals surface area contributed by atoms with Crippen LogP contribution in [0.2, 0.25) is 0 Å². The molecular formula is C17H15F2N3OS2. The molecule has 8 heteroatoms. The van der Waals surface area contributed by atoms with Gasteiger partial charge in [0.25, 0.3) is 11.3 Å². The number of fused-ring (bicyclic) bond motifs is 3. The first kappa shape index (κ1) is 16.5. The molecule has 130 valence electrons. The van der Waals surface area contributed by atoms with Crippen molar-refractivity contribution in [2.24, 2.45) is 0 Å². The van der Waals surface area contributed by atoms with Gasteiger partial charge in [0.2, 0.25) is 0 Å². The summed E-state index contributed by atoms with van der Waals surface area (Å²) >= 11 is 2.13. The largest absolute Gasteiger partial charge is 0.378 e. The SMILES string of the molecule is O=c1[nH]c(CNc2ccc(SC(F)F)cc2)nc2sc3c(c12)CCC3. The number of halogens is 2. The highest BCUT2D eigenvalue weighted by Crippen LogP contribution is 2.34. The Morgan fingerprint density at radius 2 is 2.08 bits per heavy atom. The van der Waals surface area contributed by atoms with E-state index >= 15 is 0 Å². The Kier molecular flexibility index (Phi) is 4.47. The number of anilines is 1. The Bertz CT molecular complexity index is 966. The Morgan fingerprint density at radius 1 is 1.28 bits per heavy atom. The van der Waals surface area contributed by atoms with Crippen molar-refractivity contribution in [3.63, 3.8) is 0 Å². The van der Waals surface area contributed by atoms with E-state index in [1.807, 2.05) is 0 Å². The zero-order chi connectivity index (χ0) is 17.4. The van der Waals surface area contributed by atoms with E-state index in [2.05, 4.69) is 15.3 Å². The minimum Gasteiger partial charge on any atom is -0.378 e. The number of hydrogen-bond acceptors (Lipinski definition) is 5. The number of aromatic amines is 1. The Labute approximate surface area is 150 Å². The first-order valence-electron chi connectivity index (χ1n) is 7.92. The van der Waals surface area contributed by atoms with Crippen LogP contribution in [0.5, 0.6) is 0 Å². The summed E-state index contributed by atoms with van der Waals surface area (Å²) < 4.78 is 24.6. The van der Waals surface area contributed by atoms with Crippen LogP contribution in [0, 0.1) is 0 Å². The number of H-pyrrole nitrogens is 1. The van der Waals surface area contributed by atoms with Crippen molar-refractivity contribution in [2.45, 2.75) is 36.5 Å². The number of aryl methyl sites for hydroxylation is 2. The van der Waals surface area contributed by atoms with Crippen molar-refractivity contribution >= 4 is 39.0 Å². The van der Waals surface area contributed by atoms with Gasteiger partial charge in [-0.2, -0.15) is 8.78 Å². The highest BCUT2D eigenvalue weighted by Gasteiger charge is 2.20. The number of benzene rings is 1. The monoisotopic (exact) mass is 379 g/mol. The lowest BCUT2D eigenvalue weighted by atomic mass is 10.2. The number of aromatic nitrogens is 2. The van der Waals surface area contributed by atoms with Gasteiger partial charge in [0.05, 0.1) is 11.9 Å². The molecule has 3 aromatic rings. The van der Waals surface area contributed by atoms with Crippen LogP contribution in [0.25, 0.3) is 10.2 Å². The average molecular weight is 379 g/mol. The van der Waals surface area contributed by atoms with Gasteiger partial charge in [-0.05, 0) is 49.1 Å². The molecule has 2 heterocycles. The second-order valence-corrected chi connectivity index (χ2v) is 7.95. The van der Waals surface area contributed by atoms with E-state index in [-0.39, 0.29) is 5.56 Å². The molecule has 0 spiro atoms. The minimum atomic E-state index is -2.42. The molecule has 2 N–H and O–H groups in total. The van der Waals surface area contributed by atoms with Gasteiger partial charge in [0.15, 0.2) is 0 Å². The molecule has 4 rings (SSSR count). The number of thiophene rings is 1. The van der Waals surface area contributed by atoms with Gasteiger partial charge in [0, 0.05) is 15.5 Å². The van der Waals surface area contributed by atoms with Gasteiger partial charge in [-0.15, -0.1) is 11.3 Å². The molecule has 1 aromatic carbocycles. The van der Waals surface area contributed by atoms with Gasteiger partial charge in [-0.1, -0.05) is 11.8 Å². The molecule has 25 heavy (non-hydrogen) atoms. The highest BCUT2D eigenvalue weighted by molar-refractivity contribution is 7.99. The summed E-state index contributed by atoms with van der Waals surface area (Å²) in [5.41, 5.74) is 1.88. The van der Waals surface area contributed by atoms with Gasteiger partial charge in [0.1, 0.15) is 10.7 Å². The highest BCUT2D eigenvalue weighted by atomic mass is 32.2. The van der Waals surface area contributed by atoms with Gasteiger partial charge >= 0.3 is 0 Å². The second kappa shape index (κ2) is 6.76. The lowest BCUT2D eigenvalue weighted by Gasteiger charge is -2.07. The molecule has 0 aliphatic heterocycles. The summed E-state index contributed by atoms with van der Waals surface area (Å²) in [6.45, 7) is 0.370. The average Bonchev–Trinajstić information content (AvgIpc) is 3.14. The Balaban J connectivity index is 1.50. The van der Waals surface area contributed by atoms with E-state index in [1.165, 1.54) is 10.4 Å². The van der Waals surface area contributed by atoms with Crippen molar-refractivity contribution in [1.29, 1.82) is 0 Å². The molecule has 4 nitrogen and oxygen atoms in total. The summed E-state index contributed by atoms with van der Waals surface area (Å²) in [4.78, 5) is 22.4. The molecule has 1 aliphatic carbocycles. The third-order valence-corrected chi connectivity index (χ3v) is 6.07. The van der Waals surface area contributed by atoms with Gasteiger partial charge < -0.3 is 10.3 Å². The zero-order valence-electron chi connectivity index (χ0n) is 13.1. The number of rotatable bonds is 5. The first-order chi connectivity index (χ1) is 12.1. The van der Waals surface area contributed by atoms with E-state index in [0.717, 1.165) is 35.2 Å². The van der Waals surface area contributed by atoms with E-state index in [9.17, 15) is 13.6 Å². The number of nitrogens with zero attached hydrogens (tertiary/aromatic N) is 1. The molecule has 0 amide bonds. The van der Waals surface area contributed by atoms with Crippen molar-refractivity contribution in [3.05, 3.63) is 50.9 Å². The van der Waals surface area contributed by atoms with Crippen molar-refractivity contribution in [3.8, 4) is 0 Å². The van der Waals surface area contributed by atoms with E-state index < -0.39 is 5.76 Å². The normalized spacial score (nSPS) is 13.6. The van der Waals surface area contributed by atoms with Crippen LogP contribution in [0.15, 0.2) is 34.0 Å². The van der Waals surface area contributed by atoms with Crippen LogP contribution < -0.4 is 10.9 Å². The molecule has 0 radical (unpaired) electrons. The maximum absolute atomic E-state index is 12.4. The maximum Gasteiger partial charge on any atom is 0.288 e. The van der Waals surface area contributed by atoms with Crippen LogP contribution in [-0.4, -0.2) is 15.7 Å². The second-order valence-electron chi connectivity index (χ2n) is 5.81. The third-order valence-electron chi connectivity index (χ3n) is 4.16. The molecule has 0 unspecified atom stereocenters. The summed E-state index contributed by atoms with van der Waals surface area (Å²) in [6, 6.07) is 6.76. The standard InChI is InChI=1S/C17H15F2N3OS2/c18-17(19)24-10-6-4-9(5-7-10)20-8-13-21-15(23)14-11-2-1-3-12(11)25-16(14)22-13/h4-7,17,20H,1-3,8H2,(H,21,22,23). The first-order valence-corrected chi connectivity index (χ1v) is 9.62. The van der Waals surface area contributed by atoms with Crippen LogP contribution in [0.1, 0.15) is 22.7 Å². The molecule has 2 aromatic heterocycles. The molecule has 0 saturated carbocycles. The van der Waals surface area contributed by atoms with Crippen LogP contribution >= 0.6 is 23.1 Å². The molecule has 0 fully saturated rings. The van der Waals surface area contributed by atoms with Crippen molar-refractivity contribution in [1.82, 2.24) is 9.97 Å². The fourth-order valence-corrected chi connectivity index (χ4v) is 4.85. The van der Waals surface area contributed by atoms with Crippen molar-refractivity contribution in [2.75, 3.05) is 5.32 Å². The van der Waals surface area contributed by atoms with Crippen LogP contribution in [0.3, 0.4) is 0 Å². The smallest absolute Gasteiger partial charge is 0.288 e. The molecule has 0 bridgehead atoms. The summed E-state index contributed by atoms with van der Waals surface area (Å²) in [6.07, 6.45) is 3.10. The minimum absolute atomic E-state index is 0.0788. The molecular weight excluding hydrogens is 364 g/mol. The lowest BCUT2D eigenvalue weighted by Crippen LogP contribution is -2.14. The Morgan fingerprint density at radius 3 is 2.84 bits per heavy atom. The number of alkyl halides is 2. The quantitative estimate of drug-likeness (QED) is 0.645. The fourth-order valence-electron chi connectivity index (χ4n) is 3.07. The van der Waals surface area contributed by atoms with Gasteiger partial charge in [-0.3, -0.25) is 4.79 Å². The molecule has 0 saturated heterocycles. The summed E-state index contributed by atoms with van der Waals surface area (Å²) in [5.74, 6) is -1.85. The summed E-state index contributed by atoms with van der Waals surface area (Å²) in [5, 5.41) is 3.90. The number of thioether (sulfide) groups is 1. The maximum atomic E-state index is 12.4. The van der Waals surface area contributed by atoms with E-state index in [0.29, 0.717) is 29.0 Å². The third kappa shape index (κ3) is 3.41. The zero-order valence-corrected chi connectivity index (χ0v) is 14.8. The van der Waals surface area contributed by atoms with Crippen LogP contribution in [0.4, 0.5) is 14.5 Å². The topological polar surface area (TPSA) is 57.8 Å². The Hall–Kier alpha value is -1.93. The molecule has 1 aliphatic rings. The predicted octanol–water partition coefficient (Wildman–Crippen LogP) is 4.40. The lowest BCUT2D eigenvalue weighted by molar-refractivity contribution is 0.252. The van der Waals surface area contributed by atoms with Crippen molar-refractivity contribution < 1.29 is 8.78 Å².